The average Bonchev–Trinajstić information content (AvgIpc) is 2.51. The first-order chi connectivity index (χ1) is 6.68. The highest BCUT2D eigenvalue weighted by Crippen LogP contribution is 2.31. The van der Waals surface area contributed by atoms with Crippen LogP contribution in [0.25, 0.3) is 0 Å². The van der Waals surface area contributed by atoms with Gasteiger partial charge in [-0.1, -0.05) is 11.6 Å². The Morgan fingerprint density at radius 2 is 2.14 bits per heavy atom. The van der Waals surface area contributed by atoms with Crippen molar-refractivity contribution in [1.29, 1.82) is 0 Å². The molecule has 0 radical (unpaired) electrons. The van der Waals surface area contributed by atoms with Gasteiger partial charge in [0.2, 0.25) is 0 Å². The zero-order valence-electron chi connectivity index (χ0n) is 7.85. The maximum absolute atomic E-state index is 14.2. The molecule has 2 heterocycles. The average molecular weight is 234 g/mol. The largest absolute Gasteiger partial charge is 0.316 e. The topological polar surface area (TPSA) is 12.0 Å². The molecular weight excluding hydrogens is 221 g/mol. The van der Waals surface area contributed by atoms with E-state index in [1.165, 1.54) is 11.3 Å². The summed E-state index contributed by atoms with van der Waals surface area (Å²) in [4.78, 5) is 1.06. The van der Waals surface area contributed by atoms with Crippen LogP contribution in [-0.2, 0) is 6.42 Å². The number of rotatable bonds is 2. The summed E-state index contributed by atoms with van der Waals surface area (Å²) in [6, 6.07) is 3.77. The summed E-state index contributed by atoms with van der Waals surface area (Å²) in [6.07, 6.45) is 1.75. The van der Waals surface area contributed by atoms with Gasteiger partial charge in [-0.3, -0.25) is 0 Å². The maximum atomic E-state index is 14.2. The molecule has 0 spiro atoms. The second kappa shape index (κ2) is 4.17. The number of hydrogen-bond acceptors (Lipinski definition) is 2. The van der Waals surface area contributed by atoms with Crippen LogP contribution in [0.1, 0.15) is 17.7 Å². The zero-order valence-corrected chi connectivity index (χ0v) is 9.43. The van der Waals surface area contributed by atoms with Crippen molar-refractivity contribution >= 4 is 22.9 Å². The first-order valence-electron chi connectivity index (χ1n) is 4.82. The second-order valence-corrected chi connectivity index (χ2v) is 5.58. The van der Waals surface area contributed by atoms with Gasteiger partial charge in [0.05, 0.1) is 4.34 Å². The fraction of sp³-hybridized carbons (Fsp3) is 0.600. The van der Waals surface area contributed by atoms with Crippen molar-refractivity contribution in [2.24, 2.45) is 0 Å². The van der Waals surface area contributed by atoms with Gasteiger partial charge in [-0.2, -0.15) is 0 Å². The van der Waals surface area contributed by atoms with Crippen molar-refractivity contribution in [3.8, 4) is 0 Å². The Morgan fingerprint density at radius 1 is 1.43 bits per heavy atom. The van der Waals surface area contributed by atoms with Crippen LogP contribution >= 0.6 is 22.9 Å². The highest BCUT2D eigenvalue weighted by atomic mass is 35.5. The molecule has 0 atom stereocenters. The molecule has 0 unspecified atom stereocenters. The Hall–Kier alpha value is -0.120. The van der Waals surface area contributed by atoms with Crippen molar-refractivity contribution in [2.45, 2.75) is 24.9 Å². The van der Waals surface area contributed by atoms with E-state index in [4.69, 9.17) is 11.6 Å². The molecule has 1 N–H and O–H groups in total. The monoisotopic (exact) mass is 233 g/mol. The molecule has 14 heavy (non-hydrogen) atoms. The molecule has 78 valence electrons. The van der Waals surface area contributed by atoms with Gasteiger partial charge in [0.25, 0.3) is 0 Å². The standard InChI is InChI=1S/C10H13ClFNS/c11-9-2-1-8(14-9)7-10(12)3-5-13-6-4-10/h1-2,13H,3-7H2. The lowest BCUT2D eigenvalue weighted by Crippen LogP contribution is -2.39. The van der Waals surface area contributed by atoms with Gasteiger partial charge in [-0.25, -0.2) is 4.39 Å². The van der Waals surface area contributed by atoms with Crippen LogP contribution in [0.4, 0.5) is 4.39 Å². The Labute approximate surface area is 92.3 Å². The van der Waals surface area contributed by atoms with E-state index >= 15 is 0 Å². The molecule has 1 aliphatic heterocycles. The molecule has 1 nitrogen and oxygen atoms in total. The number of alkyl halides is 1. The van der Waals surface area contributed by atoms with E-state index in [2.05, 4.69) is 5.32 Å². The van der Waals surface area contributed by atoms with E-state index in [1.807, 2.05) is 12.1 Å². The third kappa shape index (κ3) is 2.47. The van der Waals surface area contributed by atoms with E-state index in [9.17, 15) is 4.39 Å². The Kier molecular flexibility index (Phi) is 3.10. The molecule has 0 bridgehead atoms. The second-order valence-electron chi connectivity index (χ2n) is 3.78. The van der Waals surface area contributed by atoms with Gasteiger partial charge in [0, 0.05) is 11.3 Å². The molecule has 0 aromatic carbocycles. The lowest BCUT2D eigenvalue weighted by Gasteiger charge is -2.29. The highest BCUT2D eigenvalue weighted by Gasteiger charge is 2.32. The van der Waals surface area contributed by atoms with Gasteiger partial charge >= 0.3 is 0 Å². The fourth-order valence-electron chi connectivity index (χ4n) is 1.81. The third-order valence-electron chi connectivity index (χ3n) is 2.62. The molecule has 1 saturated heterocycles. The van der Waals surface area contributed by atoms with Crippen LogP contribution in [-0.4, -0.2) is 18.8 Å². The summed E-state index contributed by atoms with van der Waals surface area (Å²) in [6.45, 7) is 1.57. The van der Waals surface area contributed by atoms with E-state index in [-0.39, 0.29) is 0 Å². The lowest BCUT2D eigenvalue weighted by molar-refractivity contribution is 0.117. The van der Waals surface area contributed by atoms with Crippen LogP contribution in [0.3, 0.4) is 0 Å². The Morgan fingerprint density at radius 3 is 2.71 bits per heavy atom. The molecular formula is C10H13ClFNS. The Balaban J connectivity index is 2.01. The van der Waals surface area contributed by atoms with Gasteiger partial charge in [0.1, 0.15) is 5.67 Å². The Bertz CT molecular complexity index is 307. The minimum absolute atomic E-state index is 0.520. The minimum atomic E-state index is -1.01. The SMILES string of the molecule is FC1(Cc2ccc(Cl)s2)CCNCC1. The molecule has 0 saturated carbocycles. The van der Waals surface area contributed by atoms with E-state index in [1.54, 1.807) is 0 Å². The molecule has 0 amide bonds. The van der Waals surface area contributed by atoms with Gasteiger partial charge < -0.3 is 5.32 Å². The van der Waals surface area contributed by atoms with Crippen molar-refractivity contribution < 1.29 is 4.39 Å². The van der Waals surface area contributed by atoms with E-state index in [0.29, 0.717) is 19.3 Å². The van der Waals surface area contributed by atoms with E-state index in [0.717, 1.165) is 22.3 Å². The van der Waals surface area contributed by atoms with Crippen molar-refractivity contribution in [3.05, 3.63) is 21.3 Å². The third-order valence-corrected chi connectivity index (χ3v) is 3.85. The van der Waals surface area contributed by atoms with Gasteiger partial charge in [0.15, 0.2) is 0 Å². The summed E-state index contributed by atoms with van der Waals surface area (Å²) in [5, 5.41) is 3.17. The number of thiophene rings is 1. The molecule has 0 aliphatic carbocycles. The van der Waals surface area contributed by atoms with Crippen LogP contribution < -0.4 is 5.32 Å². The highest BCUT2D eigenvalue weighted by molar-refractivity contribution is 7.16. The van der Waals surface area contributed by atoms with Crippen LogP contribution in [0.5, 0.6) is 0 Å². The van der Waals surface area contributed by atoms with Crippen molar-refractivity contribution in [2.75, 3.05) is 13.1 Å². The predicted molar refractivity (Wildman–Crippen MR) is 59.0 cm³/mol. The minimum Gasteiger partial charge on any atom is -0.316 e. The number of halogens is 2. The van der Waals surface area contributed by atoms with Crippen LogP contribution in [0.2, 0.25) is 4.34 Å². The number of nitrogens with one attached hydrogen (secondary N) is 1. The summed E-state index contributed by atoms with van der Waals surface area (Å²) in [7, 11) is 0. The van der Waals surface area contributed by atoms with Crippen molar-refractivity contribution in [1.82, 2.24) is 5.32 Å². The number of hydrogen-bond donors (Lipinski definition) is 1. The summed E-state index contributed by atoms with van der Waals surface area (Å²) >= 11 is 7.29. The first kappa shape index (κ1) is 10.4. The first-order valence-corrected chi connectivity index (χ1v) is 6.01. The molecule has 1 aromatic rings. The normalized spacial score (nSPS) is 21.0. The molecule has 1 fully saturated rings. The van der Waals surface area contributed by atoms with E-state index < -0.39 is 5.67 Å². The molecule has 4 heteroatoms. The maximum Gasteiger partial charge on any atom is 0.118 e. The van der Waals surface area contributed by atoms with Crippen LogP contribution in [0.15, 0.2) is 12.1 Å². The zero-order chi connectivity index (χ0) is 10.0. The summed E-state index contributed by atoms with van der Waals surface area (Å²) < 4.78 is 14.9. The van der Waals surface area contributed by atoms with Gasteiger partial charge in [-0.05, 0) is 38.1 Å². The van der Waals surface area contributed by atoms with Crippen LogP contribution in [0, 0.1) is 0 Å². The summed E-state index contributed by atoms with van der Waals surface area (Å²) in [5.41, 5.74) is -1.01. The van der Waals surface area contributed by atoms with Gasteiger partial charge in [-0.15, -0.1) is 11.3 Å². The lowest BCUT2D eigenvalue weighted by atomic mass is 9.90. The molecule has 1 aromatic heterocycles. The van der Waals surface area contributed by atoms with Crippen molar-refractivity contribution in [3.63, 3.8) is 0 Å². The fourth-order valence-corrected chi connectivity index (χ4v) is 3.02. The molecule has 1 aliphatic rings. The quantitative estimate of drug-likeness (QED) is 0.828. The predicted octanol–water partition coefficient (Wildman–Crippen LogP) is 3.04. The molecule has 2 rings (SSSR count). The smallest absolute Gasteiger partial charge is 0.118 e. The summed E-state index contributed by atoms with van der Waals surface area (Å²) in [5.74, 6) is 0. The number of piperidine rings is 1.